The maximum absolute atomic E-state index is 14.4. The number of hydrogen-bond donors (Lipinski definition) is 3. The van der Waals surface area contributed by atoms with Gasteiger partial charge in [-0.2, -0.15) is 0 Å². The number of rotatable bonds is 5. The van der Waals surface area contributed by atoms with Crippen molar-refractivity contribution in [2.75, 3.05) is 6.61 Å². The van der Waals surface area contributed by atoms with Gasteiger partial charge in [-0.25, -0.2) is 13.2 Å². The fourth-order valence-corrected chi connectivity index (χ4v) is 3.98. The largest absolute Gasteiger partial charge is 0.394 e. The summed E-state index contributed by atoms with van der Waals surface area (Å²) in [6.07, 6.45) is 1.06. The van der Waals surface area contributed by atoms with Crippen LogP contribution in [-0.4, -0.2) is 28.6 Å². The van der Waals surface area contributed by atoms with Crippen molar-refractivity contribution in [3.63, 3.8) is 0 Å². The summed E-state index contributed by atoms with van der Waals surface area (Å²) in [5.74, 6) is -2.18. The molecule has 1 atom stereocenters. The number of hydrogen-bond acceptors (Lipinski definition) is 2. The van der Waals surface area contributed by atoms with Crippen molar-refractivity contribution < 1.29 is 23.1 Å². The van der Waals surface area contributed by atoms with Gasteiger partial charge >= 0.3 is 0 Å². The Labute approximate surface area is 165 Å². The van der Waals surface area contributed by atoms with Crippen LogP contribution in [0.5, 0.6) is 0 Å². The molecule has 1 heterocycles. The van der Waals surface area contributed by atoms with Crippen LogP contribution >= 0.6 is 0 Å². The first-order chi connectivity index (χ1) is 13.9. The van der Waals surface area contributed by atoms with E-state index in [9.17, 15) is 18.0 Å². The highest BCUT2D eigenvalue weighted by molar-refractivity contribution is 5.92. The van der Waals surface area contributed by atoms with Crippen molar-refractivity contribution >= 4 is 16.8 Å². The molecule has 1 amide bonds. The summed E-state index contributed by atoms with van der Waals surface area (Å²) in [5, 5.41) is 12.3. The first-order valence-electron chi connectivity index (χ1n) is 9.55. The summed E-state index contributed by atoms with van der Waals surface area (Å²) >= 11 is 0. The van der Waals surface area contributed by atoms with E-state index in [0.29, 0.717) is 29.5 Å². The number of halogens is 3. The lowest BCUT2D eigenvalue weighted by molar-refractivity contribution is -0.128. The molecule has 29 heavy (non-hydrogen) atoms. The second-order valence-electron chi connectivity index (χ2n) is 7.69. The Kier molecular flexibility index (Phi) is 5.08. The van der Waals surface area contributed by atoms with Gasteiger partial charge in [0.25, 0.3) is 0 Å². The van der Waals surface area contributed by atoms with Gasteiger partial charge in [0.05, 0.1) is 17.8 Å². The first kappa shape index (κ1) is 19.5. The average Bonchev–Trinajstić information content (AvgIpc) is 3.00. The van der Waals surface area contributed by atoms with Crippen LogP contribution in [0.3, 0.4) is 0 Å². The van der Waals surface area contributed by atoms with Crippen molar-refractivity contribution in [3.8, 4) is 11.3 Å². The van der Waals surface area contributed by atoms with Gasteiger partial charge in [-0.15, -0.1) is 0 Å². The van der Waals surface area contributed by atoms with Crippen LogP contribution in [0.2, 0.25) is 0 Å². The van der Waals surface area contributed by atoms with Crippen molar-refractivity contribution in [2.24, 2.45) is 5.92 Å². The highest BCUT2D eigenvalue weighted by Gasteiger charge is 2.38. The van der Waals surface area contributed by atoms with Crippen LogP contribution in [0.15, 0.2) is 36.4 Å². The van der Waals surface area contributed by atoms with E-state index < -0.39 is 11.6 Å². The number of fused-ring (bicyclic) bond motifs is 1. The number of carbonyl (C=O) groups excluding carboxylic acids is 1. The van der Waals surface area contributed by atoms with E-state index in [1.54, 1.807) is 19.1 Å². The van der Waals surface area contributed by atoms with Gasteiger partial charge in [-0.1, -0.05) is 0 Å². The zero-order valence-corrected chi connectivity index (χ0v) is 15.8. The van der Waals surface area contributed by atoms with Crippen LogP contribution < -0.4 is 5.32 Å². The summed E-state index contributed by atoms with van der Waals surface area (Å²) in [6, 6.07) is 7.59. The minimum atomic E-state index is -0.694. The highest BCUT2D eigenvalue weighted by Crippen LogP contribution is 2.48. The molecule has 0 aliphatic heterocycles. The molecule has 1 aromatic heterocycles. The Hall–Kier alpha value is -2.80. The number of benzene rings is 2. The number of amides is 1. The monoisotopic (exact) mass is 402 g/mol. The molecule has 0 bridgehead atoms. The summed E-state index contributed by atoms with van der Waals surface area (Å²) in [7, 11) is 0. The molecular formula is C22H21F3N2O2. The van der Waals surface area contributed by atoms with Gasteiger partial charge in [-0.3, -0.25) is 4.79 Å². The molecule has 2 aromatic carbocycles. The SMILES string of the molecule is C[C@@H](CO)NC(=O)C1CC(c2c(-c3ccc(F)cc3)[nH]c3c(F)cc(F)cc23)C1. The van der Waals surface area contributed by atoms with E-state index in [0.717, 1.165) is 11.6 Å². The predicted molar refractivity (Wildman–Crippen MR) is 104 cm³/mol. The molecule has 0 spiro atoms. The van der Waals surface area contributed by atoms with Gasteiger partial charge in [-0.05, 0) is 67.1 Å². The van der Waals surface area contributed by atoms with Crippen LogP contribution in [0.25, 0.3) is 22.2 Å². The Morgan fingerprint density at radius 3 is 2.52 bits per heavy atom. The molecule has 1 fully saturated rings. The van der Waals surface area contributed by atoms with E-state index in [1.165, 1.54) is 18.2 Å². The Morgan fingerprint density at radius 1 is 1.17 bits per heavy atom. The van der Waals surface area contributed by atoms with Gasteiger partial charge in [0, 0.05) is 23.4 Å². The second kappa shape index (κ2) is 7.55. The van der Waals surface area contributed by atoms with Crippen LogP contribution in [0.1, 0.15) is 31.2 Å². The molecule has 4 rings (SSSR count). The van der Waals surface area contributed by atoms with Crippen molar-refractivity contribution in [3.05, 3.63) is 59.4 Å². The molecule has 1 aliphatic carbocycles. The van der Waals surface area contributed by atoms with Gasteiger partial charge in [0.1, 0.15) is 17.5 Å². The van der Waals surface area contributed by atoms with Gasteiger partial charge in [0.2, 0.25) is 5.91 Å². The topological polar surface area (TPSA) is 65.1 Å². The fraction of sp³-hybridized carbons (Fsp3) is 0.318. The van der Waals surface area contributed by atoms with Crippen molar-refractivity contribution in [1.29, 1.82) is 0 Å². The molecular weight excluding hydrogens is 381 g/mol. The lowest BCUT2D eigenvalue weighted by Crippen LogP contribution is -2.43. The molecule has 0 unspecified atom stereocenters. The lowest BCUT2D eigenvalue weighted by Gasteiger charge is -2.35. The minimum Gasteiger partial charge on any atom is -0.394 e. The highest BCUT2D eigenvalue weighted by atomic mass is 19.1. The van der Waals surface area contributed by atoms with Crippen LogP contribution in [0, 0.1) is 23.4 Å². The number of aliphatic hydroxyl groups is 1. The molecule has 152 valence electrons. The number of aliphatic hydroxyl groups excluding tert-OH is 1. The summed E-state index contributed by atoms with van der Waals surface area (Å²) in [5.41, 5.74) is 2.21. The maximum Gasteiger partial charge on any atom is 0.223 e. The molecule has 0 radical (unpaired) electrons. The quantitative estimate of drug-likeness (QED) is 0.598. The lowest BCUT2D eigenvalue weighted by atomic mass is 9.69. The van der Waals surface area contributed by atoms with E-state index in [2.05, 4.69) is 10.3 Å². The Balaban J connectivity index is 1.71. The molecule has 0 saturated heterocycles. The maximum atomic E-state index is 14.4. The summed E-state index contributed by atoms with van der Waals surface area (Å²) in [6.45, 7) is 1.57. The fourth-order valence-electron chi connectivity index (χ4n) is 3.98. The van der Waals surface area contributed by atoms with E-state index in [4.69, 9.17) is 5.11 Å². The molecule has 7 heteroatoms. The number of aromatic amines is 1. The van der Waals surface area contributed by atoms with Crippen LogP contribution in [-0.2, 0) is 4.79 Å². The number of carbonyl (C=O) groups is 1. The number of nitrogens with one attached hydrogen (secondary N) is 2. The molecule has 3 aromatic rings. The molecule has 1 saturated carbocycles. The third-order valence-corrected chi connectivity index (χ3v) is 5.58. The first-order valence-corrected chi connectivity index (χ1v) is 9.55. The second-order valence-corrected chi connectivity index (χ2v) is 7.69. The normalized spacial score (nSPS) is 19.8. The van der Waals surface area contributed by atoms with Gasteiger partial charge in [0.15, 0.2) is 0 Å². The predicted octanol–water partition coefficient (Wildman–Crippen LogP) is 4.24. The van der Waals surface area contributed by atoms with E-state index >= 15 is 0 Å². The average molecular weight is 402 g/mol. The molecule has 4 nitrogen and oxygen atoms in total. The van der Waals surface area contributed by atoms with Crippen molar-refractivity contribution in [1.82, 2.24) is 10.3 Å². The Morgan fingerprint density at radius 2 is 1.86 bits per heavy atom. The zero-order chi connectivity index (χ0) is 20.7. The third-order valence-electron chi connectivity index (χ3n) is 5.58. The number of aromatic nitrogens is 1. The standard InChI is InChI=1S/C22H21F3N2O2/c1-11(10-28)26-22(29)14-6-13(7-14)19-17-8-16(24)9-18(25)21(17)27-20(19)12-2-4-15(23)5-3-12/h2-5,8-9,11,13-14,27-28H,6-7,10H2,1H3,(H,26,29)/t11-,13?,14?/m0/s1. The van der Waals surface area contributed by atoms with E-state index in [1.807, 2.05) is 0 Å². The van der Waals surface area contributed by atoms with Gasteiger partial charge < -0.3 is 15.4 Å². The summed E-state index contributed by atoms with van der Waals surface area (Å²) in [4.78, 5) is 15.3. The van der Waals surface area contributed by atoms with E-state index in [-0.39, 0.29) is 41.7 Å². The number of H-pyrrole nitrogens is 1. The minimum absolute atomic E-state index is 0.0646. The van der Waals surface area contributed by atoms with Crippen molar-refractivity contribution in [2.45, 2.75) is 31.7 Å². The smallest absolute Gasteiger partial charge is 0.223 e. The van der Waals surface area contributed by atoms with Crippen LogP contribution in [0.4, 0.5) is 13.2 Å². The zero-order valence-electron chi connectivity index (χ0n) is 15.8. The molecule has 3 N–H and O–H groups in total. The third kappa shape index (κ3) is 3.62. The Bertz CT molecular complexity index is 1060. The summed E-state index contributed by atoms with van der Waals surface area (Å²) < 4.78 is 41.6. The molecule has 1 aliphatic rings.